The van der Waals surface area contributed by atoms with Crippen LogP contribution in [0.1, 0.15) is 11.4 Å². The van der Waals surface area contributed by atoms with Crippen molar-refractivity contribution in [3.8, 4) is 5.69 Å². The Morgan fingerprint density at radius 1 is 1.08 bits per heavy atom. The zero-order valence-electron chi connectivity index (χ0n) is 12.0. The fraction of sp³-hybridized carbons (Fsp3) is 0.143. The van der Waals surface area contributed by atoms with Crippen molar-refractivity contribution < 1.29 is 17.6 Å². The van der Waals surface area contributed by atoms with E-state index in [1.54, 1.807) is 0 Å². The summed E-state index contributed by atoms with van der Waals surface area (Å²) in [5, 5.41) is 3.79. The second-order valence-corrected chi connectivity index (χ2v) is 6.20. The van der Waals surface area contributed by atoms with Gasteiger partial charge in [-0.3, -0.25) is 0 Å². The smallest absolute Gasteiger partial charge is 0.383 e. The molecule has 0 amide bonds. The number of nitrogen functional groups attached to an aromatic ring is 1. The van der Waals surface area contributed by atoms with Gasteiger partial charge in [-0.05, 0) is 18.2 Å². The minimum atomic E-state index is -4.83. The number of alkyl halides is 4. The largest absolute Gasteiger partial charge is 0.434 e. The maximum atomic E-state index is 13.3. The van der Waals surface area contributed by atoms with Crippen LogP contribution in [0.2, 0.25) is 15.1 Å². The summed E-state index contributed by atoms with van der Waals surface area (Å²) in [6.45, 7) is -1.18. The van der Waals surface area contributed by atoms with E-state index in [0.717, 1.165) is 10.7 Å². The first-order chi connectivity index (χ1) is 11.6. The lowest BCUT2D eigenvalue weighted by Crippen LogP contribution is -2.11. The van der Waals surface area contributed by atoms with Crippen LogP contribution in [0.5, 0.6) is 0 Å². The summed E-state index contributed by atoms with van der Waals surface area (Å²) < 4.78 is 53.7. The Bertz CT molecular complexity index is 961. The fourth-order valence-electron chi connectivity index (χ4n) is 2.32. The van der Waals surface area contributed by atoms with Gasteiger partial charge in [-0.25, -0.2) is 14.1 Å². The van der Waals surface area contributed by atoms with E-state index in [0.29, 0.717) is 0 Å². The van der Waals surface area contributed by atoms with E-state index in [1.165, 1.54) is 12.1 Å². The number of nitrogens with zero attached hydrogens (tertiary/aromatic N) is 3. The number of fused-ring (bicyclic) bond motifs is 1. The molecule has 1 aromatic carbocycles. The Morgan fingerprint density at radius 2 is 1.68 bits per heavy atom. The second-order valence-electron chi connectivity index (χ2n) is 5.01. The summed E-state index contributed by atoms with van der Waals surface area (Å²) in [5.74, 6) is -0.338. The van der Waals surface area contributed by atoms with E-state index in [4.69, 9.17) is 40.5 Å². The van der Waals surface area contributed by atoms with Gasteiger partial charge < -0.3 is 5.73 Å². The van der Waals surface area contributed by atoms with Gasteiger partial charge in [0.25, 0.3) is 0 Å². The Hall–Kier alpha value is -1.77. The van der Waals surface area contributed by atoms with Crippen LogP contribution in [-0.4, -0.2) is 14.8 Å². The number of aromatic nitrogens is 3. The van der Waals surface area contributed by atoms with Crippen LogP contribution in [0.15, 0.2) is 18.2 Å². The fourth-order valence-corrected chi connectivity index (χ4v) is 2.90. The van der Waals surface area contributed by atoms with Crippen molar-refractivity contribution >= 4 is 51.5 Å². The van der Waals surface area contributed by atoms with Crippen LogP contribution in [0.25, 0.3) is 16.6 Å². The Balaban J connectivity index is 2.34. The molecule has 0 radical (unpaired) electrons. The van der Waals surface area contributed by atoms with Crippen molar-refractivity contribution in [2.24, 2.45) is 0 Å². The number of benzene rings is 1. The first-order valence-electron chi connectivity index (χ1n) is 6.59. The number of rotatable bonds is 2. The van der Waals surface area contributed by atoms with Crippen LogP contribution in [0.4, 0.5) is 23.4 Å². The summed E-state index contributed by atoms with van der Waals surface area (Å²) in [5.41, 5.74) is 4.17. The molecule has 2 heterocycles. The molecule has 0 aliphatic heterocycles. The molecule has 132 valence electrons. The van der Waals surface area contributed by atoms with E-state index >= 15 is 0 Å². The third-order valence-corrected chi connectivity index (χ3v) is 4.56. The number of halogens is 7. The molecule has 3 aromatic rings. The number of anilines is 1. The average Bonchev–Trinajstić information content (AvgIpc) is 2.87. The molecule has 0 aliphatic carbocycles. The first kappa shape index (κ1) is 18.0. The van der Waals surface area contributed by atoms with E-state index in [9.17, 15) is 17.6 Å². The van der Waals surface area contributed by atoms with Gasteiger partial charge in [0, 0.05) is 0 Å². The van der Waals surface area contributed by atoms with Crippen molar-refractivity contribution in [3.63, 3.8) is 0 Å². The lowest BCUT2D eigenvalue weighted by Gasteiger charge is -2.09. The summed E-state index contributed by atoms with van der Waals surface area (Å²) in [7, 11) is 0. The first-order valence-corrected chi connectivity index (χ1v) is 7.73. The van der Waals surface area contributed by atoms with Crippen LogP contribution in [0.3, 0.4) is 0 Å². The number of hydrogen-bond acceptors (Lipinski definition) is 3. The van der Waals surface area contributed by atoms with Crippen LogP contribution in [-0.2, 0) is 12.9 Å². The molecule has 0 fully saturated rings. The molecule has 2 aromatic heterocycles. The van der Waals surface area contributed by atoms with Crippen molar-refractivity contribution in [1.29, 1.82) is 0 Å². The monoisotopic (exact) mass is 412 g/mol. The topological polar surface area (TPSA) is 56.7 Å². The highest BCUT2D eigenvalue weighted by atomic mass is 35.5. The van der Waals surface area contributed by atoms with Gasteiger partial charge in [-0.15, -0.1) is 0 Å². The normalized spacial score (nSPS) is 12.1. The SMILES string of the molecule is Nc1c2c(C(F)(F)F)nc(CF)cc2nn1-c1cc(Cl)c(Cl)c(Cl)c1. The maximum Gasteiger partial charge on any atom is 0.434 e. The highest BCUT2D eigenvalue weighted by molar-refractivity contribution is 6.48. The number of hydrogen-bond donors (Lipinski definition) is 1. The highest BCUT2D eigenvalue weighted by Gasteiger charge is 2.37. The third kappa shape index (κ3) is 3.09. The van der Waals surface area contributed by atoms with Crippen LogP contribution >= 0.6 is 34.8 Å². The van der Waals surface area contributed by atoms with E-state index in [2.05, 4.69) is 10.1 Å². The van der Waals surface area contributed by atoms with Gasteiger partial charge in [0.1, 0.15) is 12.5 Å². The molecule has 0 bridgehead atoms. The molecule has 0 saturated heterocycles. The van der Waals surface area contributed by atoms with Gasteiger partial charge in [0.2, 0.25) is 0 Å². The Kier molecular flexibility index (Phi) is 4.47. The number of nitrogens with two attached hydrogens (primary N) is 1. The molecular formula is C14H7Cl3F4N4. The van der Waals surface area contributed by atoms with Crippen molar-refractivity contribution in [2.45, 2.75) is 12.9 Å². The highest BCUT2D eigenvalue weighted by Crippen LogP contribution is 2.38. The predicted octanol–water partition coefficient (Wildman–Crippen LogP) is 5.45. The molecule has 4 nitrogen and oxygen atoms in total. The van der Waals surface area contributed by atoms with Gasteiger partial charge in [-0.1, -0.05) is 34.8 Å². The van der Waals surface area contributed by atoms with Crippen molar-refractivity contribution in [1.82, 2.24) is 14.8 Å². The van der Waals surface area contributed by atoms with Gasteiger partial charge in [0.05, 0.1) is 37.4 Å². The Labute approximate surface area is 153 Å². The van der Waals surface area contributed by atoms with E-state index in [1.807, 2.05) is 0 Å². The van der Waals surface area contributed by atoms with E-state index < -0.39 is 29.6 Å². The molecule has 0 spiro atoms. The molecular weight excluding hydrogens is 407 g/mol. The van der Waals surface area contributed by atoms with Gasteiger partial charge in [0.15, 0.2) is 5.69 Å². The zero-order chi connectivity index (χ0) is 18.5. The van der Waals surface area contributed by atoms with Crippen LogP contribution in [0, 0.1) is 0 Å². The predicted molar refractivity (Wildman–Crippen MR) is 88.1 cm³/mol. The minimum Gasteiger partial charge on any atom is -0.383 e. The molecule has 0 atom stereocenters. The summed E-state index contributed by atoms with van der Waals surface area (Å²) in [6, 6.07) is 3.78. The summed E-state index contributed by atoms with van der Waals surface area (Å²) >= 11 is 17.7. The van der Waals surface area contributed by atoms with Gasteiger partial charge >= 0.3 is 6.18 Å². The lowest BCUT2D eigenvalue weighted by atomic mass is 10.2. The molecule has 0 saturated carbocycles. The van der Waals surface area contributed by atoms with Gasteiger partial charge in [-0.2, -0.15) is 18.3 Å². The third-order valence-electron chi connectivity index (χ3n) is 3.36. The van der Waals surface area contributed by atoms with Crippen molar-refractivity contribution in [3.05, 3.63) is 44.7 Å². The number of pyridine rings is 1. The van der Waals surface area contributed by atoms with Crippen LogP contribution < -0.4 is 5.73 Å². The second kappa shape index (κ2) is 6.19. The Morgan fingerprint density at radius 3 is 2.20 bits per heavy atom. The van der Waals surface area contributed by atoms with E-state index in [-0.39, 0.29) is 32.1 Å². The summed E-state index contributed by atoms with van der Waals surface area (Å²) in [4.78, 5) is 3.30. The lowest BCUT2D eigenvalue weighted by molar-refractivity contribution is -0.139. The quantitative estimate of drug-likeness (QED) is 0.449. The molecule has 0 aliphatic rings. The molecule has 2 N–H and O–H groups in total. The summed E-state index contributed by atoms with van der Waals surface area (Å²) in [6.07, 6.45) is -4.83. The molecule has 3 rings (SSSR count). The minimum absolute atomic E-state index is 0.0711. The molecule has 0 unspecified atom stereocenters. The van der Waals surface area contributed by atoms with Crippen molar-refractivity contribution in [2.75, 3.05) is 5.73 Å². The zero-order valence-corrected chi connectivity index (χ0v) is 14.3. The standard InChI is InChI=1S/C14H7Cl3F4N4/c15-7-2-6(3-8(16)11(7)17)25-13(22)10-9(24-25)1-5(4-18)23-12(10)14(19,20)21/h1-3H,4,22H2. The average molecular weight is 414 g/mol. The maximum absolute atomic E-state index is 13.3. The molecule has 25 heavy (non-hydrogen) atoms. The molecule has 11 heteroatoms.